The van der Waals surface area contributed by atoms with Crippen molar-refractivity contribution in [2.24, 2.45) is 5.92 Å². The molecule has 3 rings (SSSR count). The van der Waals surface area contributed by atoms with Gasteiger partial charge < -0.3 is 14.6 Å². The van der Waals surface area contributed by atoms with Crippen LogP contribution >= 0.6 is 22.9 Å². The highest BCUT2D eigenvalue weighted by molar-refractivity contribution is 7.93. The molecule has 1 amide bonds. The molecule has 9 nitrogen and oxygen atoms in total. The Balaban J connectivity index is 2.04. The quantitative estimate of drug-likeness (QED) is 0.293. The van der Waals surface area contributed by atoms with E-state index in [4.69, 9.17) is 20.9 Å². The summed E-state index contributed by atoms with van der Waals surface area (Å²) in [7, 11) is -3.02. The molecule has 0 bridgehead atoms. The number of benzene rings is 1. The number of methoxy groups -OCH3 is 1. The maximum atomic E-state index is 13.6. The van der Waals surface area contributed by atoms with Crippen molar-refractivity contribution in [2.45, 2.75) is 39.5 Å². The van der Waals surface area contributed by atoms with E-state index in [1.54, 1.807) is 33.8 Å². The van der Waals surface area contributed by atoms with Gasteiger partial charge in [-0.3, -0.25) is 9.59 Å². The van der Waals surface area contributed by atoms with Crippen molar-refractivity contribution in [1.29, 1.82) is 0 Å². The molecule has 188 valence electrons. The molecule has 0 fully saturated rings. The Bertz CT molecular complexity index is 1380. The van der Waals surface area contributed by atoms with E-state index < -0.39 is 22.7 Å². The van der Waals surface area contributed by atoms with Crippen molar-refractivity contribution in [3.05, 3.63) is 55.9 Å². The lowest BCUT2D eigenvalue weighted by molar-refractivity contribution is 0.0940. The fraction of sp³-hybridized carbons (Fsp3) is 0.348. The Hall–Kier alpha value is -2.73. The first-order valence-corrected chi connectivity index (χ1v) is 13.3. The van der Waals surface area contributed by atoms with Crippen molar-refractivity contribution in [1.82, 2.24) is 5.16 Å². The number of ketones is 1. The van der Waals surface area contributed by atoms with Gasteiger partial charge in [-0.1, -0.05) is 36.7 Å². The number of aromatic nitrogens is 1. The van der Waals surface area contributed by atoms with E-state index in [0.717, 1.165) is 21.2 Å². The average Bonchev–Trinajstić information content (AvgIpc) is 3.41. The van der Waals surface area contributed by atoms with Gasteiger partial charge in [0.2, 0.25) is 0 Å². The fourth-order valence-electron chi connectivity index (χ4n) is 3.45. The Morgan fingerprint density at radius 3 is 2.51 bits per heavy atom. The van der Waals surface area contributed by atoms with Gasteiger partial charge in [-0.25, -0.2) is 12.7 Å². The molecule has 0 aliphatic heterocycles. The summed E-state index contributed by atoms with van der Waals surface area (Å²) in [6.07, 6.45) is 0. The third-order valence-electron chi connectivity index (χ3n) is 5.16. The number of nitrogens with one attached hydrogen (secondary N) is 1. The molecule has 0 aliphatic carbocycles. The van der Waals surface area contributed by atoms with Gasteiger partial charge in [-0.2, -0.15) is 0 Å². The average molecular weight is 540 g/mol. The Morgan fingerprint density at radius 1 is 1.26 bits per heavy atom. The van der Waals surface area contributed by atoms with Crippen LogP contribution in [0.2, 0.25) is 5.02 Å². The number of anilines is 2. The Labute approximate surface area is 213 Å². The van der Waals surface area contributed by atoms with E-state index >= 15 is 0 Å². The standard InChI is InChI=1S/C23H26ClN3O6S2/c1-12(2)20(28)16-10-13(3)9-14(4)19(16)25-22(29)21-17(7-8-34-21)35(30,31)27(11-32-6)23-18(24)15(5)26-33-23/h7-10,12H,11H2,1-6H3,(H,25,29). The number of sulfonamides is 1. The van der Waals surface area contributed by atoms with Crippen LogP contribution in [0.3, 0.4) is 0 Å². The second-order valence-corrected chi connectivity index (χ2v) is 11.4. The number of nitrogens with zero attached hydrogens (tertiary/aromatic N) is 2. The van der Waals surface area contributed by atoms with E-state index in [0.29, 0.717) is 22.5 Å². The van der Waals surface area contributed by atoms with Crippen LogP contribution in [0.5, 0.6) is 0 Å². The second-order valence-electron chi connectivity index (χ2n) is 8.25. The molecule has 35 heavy (non-hydrogen) atoms. The van der Waals surface area contributed by atoms with Crippen LogP contribution in [0, 0.1) is 26.7 Å². The summed E-state index contributed by atoms with van der Waals surface area (Å²) in [6.45, 7) is 8.33. The smallest absolute Gasteiger partial charge is 0.270 e. The normalized spacial score (nSPS) is 11.7. The number of carbonyl (C=O) groups is 2. The molecule has 0 spiro atoms. The summed E-state index contributed by atoms with van der Waals surface area (Å²) in [4.78, 5) is 25.8. The molecular weight excluding hydrogens is 514 g/mol. The lowest BCUT2D eigenvalue weighted by atomic mass is 9.95. The number of rotatable bonds is 9. The first-order chi connectivity index (χ1) is 16.4. The molecular formula is C23H26ClN3O6S2. The number of thiophene rings is 1. The summed E-state index contributed by atoms with van der Waals surface area (Å²) in [6, 6.07) is 4.87. The molecule has 3 aromatic rings. The minimum Gasteiger partial charge on any atom is -0.363 e. The van der Waals surface area contributed by atoms with E-state index in [9.17, 15) is 18.0 Å². The Kier molecular flexibility index (Phi) is 8.05. The van der Waals surface area contributed by atoms with Gasteiger partial charge in [0.1, 0.15) is 27.2 Å². The van der Waals surface area contributed by atoms with Gasteiger partial charge in [-0.15, -0.1) is 11.3 Å². The van der Waals surface area contributed by atoms with E-state index in [1.807, 2.05) is 13.0 Å². The summed E-state index contributed by atoms with van der Waals surface area (Å²) in [5.41, 5.74) is 2.58. The molecule has 0 radical (unpaired) electrons. The number of aryl methyl sites for hydroxylation is 3. The van der Waals surface area contributed by atoms with Crippen LogP contribution in [-0.2, 0) is 14.8 Å². The van der Waals surface area contributed by atoms with Crippen LogP contribution in [0.15, 0.2) is 33.0 Å². The highest BCUT2D eigenvalue weighted by atomic mass is 35.5. The summed E-state index contributed by atoms with van der Waals surface area (Å²) < 4.78 is 38.1. The summed E-state index contributed by atoms with van der Waals surface area (Å²) in [5, 5.41) is 7.97. The predicted molar refractivity (Wildman–Crippen MR) is 135 cm³/mol. The zero-order valence-electron chi connectivity index (χ0n) is 20.1. The summed E-state index contributed by atoms with van der Waals surface area (Å²) in [5.74, 6) is -1.31. The molecule has 1 N–H and O–H groups in total. The molecule has 0 saturated heterocycles. The van der Waals surface area contributed by atoms with Crippen LogP contribution in [0.4, 0.5) is 11.6 Å². The first kappa shape index (κ1) is 26.9. The number of halogens is 1. The van der Waals surface area contributed by atoms with Crippen LogP contribution < -0.4 is 9.62 Å². The number of amides is 1. The topological polar surface area (TPSA) is 119 Å². The van der Waals surface area contributed by atoms with E-state index in [2.05, 4.69) is 10.5 Å². The second kappa shape index (κ2) is 10.5. The monoisotopic (exact) mass is 539 g/mol. The third-order valence-corrected chi connectivity index (χ3v) is 8.38. The highest BCUT2D eigenvalue weighted by Crippen LogP contribution is 2.35. The van der Waals surface area contributed by atoms with Gasteiger partial charge in [0.05, 0.1) is 5.69 Å². The van der Waals surface area contributed by atoms with Gasteiger partial charge in [-0.05, 0) is 49.4 Å². The van der Waals surface area contributed by atoms with Gasteiger partial charge in [0, 0.05) is 18.6 Å². The summed E-state index contributed by atoms with van der Waals surface area (Å²) >= 11 is 7.14. The lowest BCUT2D eigenvalue weighted by Gasteiger charge is -2.21. The lowest BCUT2D eigenvalue weighted by Crippen LogP contribution is -2.33. The van der Waals surface area contributed by atoms with Gasteiger partial charge in [0.15, 0.2) is 5.78 Å². The molecule has 1 aromatic carbocycles. The van der Waals surface area contributed by atoms with Crippen molar-refractivity contribution >= 4 is 56.2 Å². The molecule has 12 heteroatoms. The molecule has 0 unspecified atom stereocenters. The Morgan fingerprint density at radius 2 is 1.94 bits per heavy atom. The van der Waals surface area contributed by atoms with E-state index in [1.165, 1.54) is 18.6 Å². The van der Waals surface area contributed by atoms with Crippen molar-refractivity contribution in [3.63, 3.8) is 0 Å². The predicted octanol–water partition coefficient (Wildman–Crippen LogP) is 5.20. The largest absolute Gasteiger partial charge is 0.363 e. The number of hydrogen-bond donors (Lipinski definition) is 1. The minimum atomic E-state index is -4.33. The number of hydrogen-bond acceptors (Lipinski definition) is 8. The van der Waals surface area contributed by atoms with Crippen LogP contribution in [-0.4, -0.2) is 39.1 Å². The van der Waals surface area contributed by atoms with E-state index in [-0.39, 0.29) is 32.4 Å². The first-order valence-electron chi connectivity index (χ1n) is 10.6. The number of carbonyl (C=O) groups excluding carboxylic acids is 2. The molecule has 0 aliphatic rings. The number of Topliss-reactive ketones (excluding diaryl/α,β-unsaturated/α-hetero) is 1. The van der Waals surface area contributed by atoms with Crippen molar-refractivity contribution < 1.29 is 27.3 Å². The van der Waals surface area contributed by atoms with Gasteiger partial charge in [0.25, 0.3) is 21.8 Å². The van der Waals surface area contributed by atoms with Crippen molar-refractivity contribution in [3.8, 4) is 0 Å². The molecule has 0 atom stereocenters. The SMILES string of the molecule is COCN(c1onc(C)c1Cl)S(=O)(=O)c1ccsc1C(=O)Nc1c(C)cc(C)cc1C(=O)C(C)C. The highest BCUT2D eigenvalue weighted by Gasteiger charge is 2.35. The molecule has 0 saturated carbocycles. The molecule has 2 heterocycles. The van der Waals surface area contributed by atoms with Crippen LogP contribution in [0.1, 0.15) is 50.7 Å². The fourth-order valence-corrected chi connectivity index (χ4v) is 6.29. The van der Waals surface area contributed by atoms with Crippen LogP contribution in [0.25, 0.3) is 0 Å². The third kappa shape index (κ3) is 5.27. The molecule has 2 aromatic heterocycles. The van der Waals surface area contributed by atoms with Crippen molar-refractivity contribution in [2.75, 3.05) is 23.5 Å². The zero-order valence-corrected chi connectivity index (χ0v) is 22.5. The van der Waals surface area contributed by atoms with Gasteiger partial charge >= 0.3 is 0 Å². The maximum Gasteiger partial charge on any atom is 0.270 e. The number of ether oxygens (including phenoxy) is 1. The zero-order chi connectivity index (χ0) is 26.1. The maximum absolute atomic E-state index is 13.6. The minimum absolute atomic E-state index is 0.0129.